The zero-order chi connectivity index (χ0) is 19.6. The molecular weight excluding hydrogens is 340 g/mol. The van der Waals surface area contributed by atoms with Gasteiger partial charge in [0.25, 0.3) is 5.95 Å². The highest BCUT2D eigenvalue weighted by molar-refractivity contribution is 5.79. The number of aromatic nitrogens is 4. The number of likely N-dealkylation sites (tertiary alicyclic amines) is 1. The summed E-state index contributed by atoms with van der Waals surface area (Å²) in [5.41, 5.74) is 4.61. The first-order valence-electron chi connectivity index (χ1n) is 9.69. The van der Waals surface area contributed by atoms with Crippen LogP contribution in [0.2, 0.25) is 0 Å². The maximum absolute atomic E-state index is 12.9. The van der Waals surface area contributed by atoms with Gasteiger partial charge in [0.15, 0.2) is 0 Å². The van der Waals surface area contributed by atoms with Crippen LogP contribution in [0.4, 0.5) is 0 Å². The van der Waals surface area contributed by atoms with Crippen molar-refractivity contribution >= 4 is 5.91 Å². The van der Waals surface area contributed by atoms with Crippen molar-refractivity contribution in [3.63, 3.8) is 0 Å². The summed E-state index contributed by atoms with van der Waals surface area (Å²) in [5, 5.41) is 7.85. The van der Waals surface area contributed by atoms with Crippen molar-refractivity contribution < 1.29 is 4.79 Å². The molecule has 3 heterocycles. The summed E-state index contributed by atoms with van der Waals surface area (Å²) in [6.45, 7) is 10.5. The molecule has 1 saturated heterocycles. The van der Waals surface area contributed by atoms with Gasteiger partial charge >= 0.3 is 0 Å². The van der Waals surface area contributed by atoms with Crippen molar-refractivity contribution in [2.45, 2.75) is 47.0 Å². The van der Waals surface area contributed by atoms with Gasteiger partial charge in [-0.25, -0.2) is 14.6 Å². The topological polar surface area (TPSA) is 75.9 Å². The predicted molar refractivity (Wildman–Crippen MR) is 105 cm³/mol. The molecule has 7 nitrogen and oxygen atoms in total. The zero-order valence-corrected chi connectivity index (χ0v) is 17.0. The molecule has 1 atom stereocenters. The Balaban J connectivity index is 1.79. The number of hydrogen-bond donors (Lipinski definition) is 1. The fourth-order valence-electron chi connectivity index (χ4n) is 3.94. The molecule has 0 aromatic carbocycles. The molecule has 1 aliphatic rings. The third-order valence-corrected chi connectivity index (χ3v) is 5.29. The van der Waals surface area contributed by atoms with Gasteiger partial charge in [0, 0.05) is 35.7 Å². The molecule has 1 N–H and O–H groups in total. The number of nitrogens with one attached hydrogen (secondary N) is 1. The Bertz CT molecular complexity index is 806. The number of hydrogen-bond acceptors (Lipinski definition) is 5. The lowest BCUT2D eigenvalue weighted by atomic mass is 9.97. The number of carbonyl (C=O) groups excluding carboxylic acids is 1. The average molecular weight is 371 g/mol. The van der Waals surface area contributed by atoms with Gasteiger partial charge < -0.3 is 10.2 Å². The molecule has 0 bridgehead atoms. The first-order valence-corrected chi connectivity index (χ1v) is 9.69. The van der Waals surface area contributed by atoms with Crippen LogP contribution in [-0.4, -0.2) is 57.2 Å². The van der Waals surface area contributed by atoms with Crippen LogP contribution in [0.25, 0.3) is 5.95 Å². The van der Waals surface area contributed by atoms with Gasteiger partial charge in [-0.2, -0.15) is 5.10 Å². The van der Waals surface area contributed by atoms with Crippen LogP contribution in [0.5, 0.6) is 0 Å². The summed E-state index contributed by atoms with van der Waals surface area (Å²) in [6.07, 6.45) is 2.64. The third-order valence-electron chi connectivity index (χ3n) is 5.29. The smallest absolute Gasteiger partial charge is 0.251 e. The molecule has 7 heteroatoms. The fourth-order valence-corrected chi connectivity index (χ4v) is 3.94. The molecule has 1 aliphatic heterocycles. The van der Waals surface area contributed by atoms with Crippen LogP contribution in [0.3, 0.4) is 0 Å². The van der Waals surface area contributed by atoms with Gasteiger partial charge in [-0.1, -0.05) is 0 Å². The Hall–Kier alpha value is -2.28. The quantitative estimate of drug-likeness (QED) is 0.870. The maximum atomic E-state index is 12.9. The number of nitrogens with zero attached hydrogens (tertiary/aromatic N) is 5. The Morgan fingerprint density at radius 2 is 1.93 bits per heavy atom. The Kier molecular flexibility index (Phi) is 5.89. The second-order valence-electron chi connectivity index (χ2n) is 7.59. The monoisotopic (exact) mass is 370 g/mol. The number of amides is 1. The maximum Gasteiger partial charge on any atom is 0.251 e. The lowest BCUT2D eigenvalue weighted by Gasteiger charge is -2.32. The molecule has 0 radical (unpaired) electrons. The molecule has 27 heavy (non-hydrogen) atoms. The molecule has 0 saturated carbocycles. The summed E-state index contributed by atoms with van der Waals surface area (Å²) >= 11 is 0. The van der Waals surface area contributed by atoms with E-state index < -0.39 is 0 Å². The minimum absolute atomic E-state index is 0.183. The van der Waals surface area contributed by atoms with Crippen LogP contribution in [0.1, 0.15) is 41.2 Å². The van der Waals surface area contributed by atoms with Gasteiger partial charge in [-0.15, -0.1) is 0 Å². The molecule has 0 aliphatic carbocycles. The van der Waals surface area contributed by atoms with Crippen molar-refractivity contribution in [3.8, 4) is 5.95 Å². The highest BCUT2D eigenvalue weighted by atomic mass is 16.2. The first kappa shape index (κ1) is 19.5. The Labute approximate surface area is 161 Å². The minimum atomic E-state index is 0.183. The first-order chi connectivity index (χ1) is 12.9. The number of carbonyl (C=O) groups is 1. The second-order valence-corrected chi connectivity index (χ2v) is 7.59. The summed E-state index contributed by atoms with van der Waals surface area (Å²) in [7, 11) is 1.97. The molecule has 1 unspecified atom stereocenters. The number of piperidine rings is 1. The minimum Gasteiger partial charge on any atom is -0.342 e. The largest absolute Gasteiger partial charge is 0.342 e. The van der Waals surface area contributed by atoms with Gasteiger partial charge in [0.05, 0.1) is 12.1 Å². The number of aryl methyl sites for hydroxylation is 3. The molecule has 1 fully saturated rings. The average Bonchev–Trinajstić information content (AvgIpc) is 2.89. The Morgan fingerprint density at radius 1 is 1.22 bits per heavy atom. The van der Waals surface area contributed by atoms with Crippen molar-refractivity contribution in [2.75, 3.05) is 26.7 Å². The molecule has 2 aromatic rings. The van der Waals surface area contributed by atoms with E-state index in [1.807, 2.05) is 45.7 Å². The van der Waals surface area contributed by atoms with Crippen LogP contribution in [0, 0.1) is 33.6 Å². The zero-order valence-electron chi connectivity index (χ0n) is 17.0. The van der Waals surface area contributed by atoms with Crippen molar-refractivity contribution in [1.29, 1.82) is 0 Å². The fraction of sp³-hybridized carbons (Fsp3) is 0.600. The van der Waals surface area contributed by atoms with E-state index in [9.17, 15) is 4.79 Å². The van der Waals surface area contributed by atoms with E-state index in [1.165, 1.54) is 6.42 Å². The predicted octanol–water partition coefficient (Wildman–Crippen LogP) is 1.90. The van der Waals surface area contributed by atoms with Crippen LogP contribution in [0.15, 0.2) is 6.07 Å². The highest BCUT2D eigenvalue weighted by Gasteiger charge is 2.25. The van der Waals surface area contributed by atoms with Crippen molar-refractivity contribution in [1.82, 2.24) is 30.0 Å². The van der Waals surface area contributed by atoms with Gasteiger partial charge in [-0.3, -0.25) is 4.79 Å². The summed E-state index contributed by atoms with van der Waals surface area (Å²) in [4.78, 5) is 23.9. The molecule has 146 valence electrons. The van der Waals surface area contributed by atoms with E-state index in [0.717, 1.165) is 54.4 Å². The van der Waals surface area contributed by atoms with E-state index in [-0.39, 0.29) is 5.91 Å². The molecule has 2 aromatic heterocycles. The second kappa shape index (κ2) is 8.17. The van der Waals surface area contributed by atoms with Crippen LogP contribution < -0.4 is 5.32 Å². The highest BCUT2D eigenvalue weighted by Crippen LogP contribution is 2.21. The Morgan fingerprint density at radius 3 is 2.59 bits per heavy atom. The van der Waals surface area contributed by atoms with E-state index >= 15 is 0 Å². The molecule has 0 spiro atoms. The van der Waals surface area contributed by atoms with E-state index in [2.05, 4.69) is 20.4 Å². The van der Waals surface area contributed by atoms with Crippen molar-refractivity contribution in [3.05, 3.63) is 34.4 Å². The van der Waals surface area contributed by atoms with Gasteiger partial charge in [0.1, 0.15) is 0 Å². The molecular formula is C20H30N6O. The van der Waals surface area contributed by atoms with Gasteiger partial charge in [0.2, 0.25) is 5.91 Å². The van der Waals surface area contributed by atoms with E-state index in [1.54, 1.807) is 4.68 Å². The van der Waals surface area contributed by atoms with Crippen LogP contribution >= 0.6 is 0 Å². The summed E-state index contributed by atoms with van der Waals surface area (Å²) in [6, 6.07) is 1.94. The lowest BCUT2D eigenvalue weighted by molar-refractivity contribution is -0.132. The van der Waals surface area contributed by atoms with Crippen molar-refractivity contribution in [2.24, 2.45) is 5.92 Å². The van der Waals surface area contributed by atoms with Gasteiger partial charge in [-0.05, 0) is 66.1 Å². The molecule has 3 rings (SSSR count). The van der Waals surface area contributed by atoms with E-state index in [4.69, 9.17) is 0 Å². The third kappa shape index (κ3) is 4.35. The van der Waals surface area contributed by atoms with E-state index in [0.29, 0.717) is 18.3 Å². The lowest BCUT2D eigenvalue weighted by Crippen LogP contribution is -2.43. The normalized spacial score (nSPS) is 17.4. The SMILES string of the molecule is CNCC1CCCN(C(=O)Cc2c(C)nn(-c3nc(C)cc(C)n3)c2C)C1. The molecule has 1 amide bonds. The number of rotatable bonds is 5. The van der Waals surface area contributed by atoms with Crippen LogP contribution in [-0.2, 0) is 11.2 Å². The summed E-state index contributed by atoms with van der Waals surface area (Å²) < 4.78 is 1.76. The summed E-state index contributed by atoms with van der Waals surface area (Å²) in [5.74, 6) is 1.29. The standard InChI is InChI=1S/C20H30N6O/c1-13-9-14(2)23-20(22-13)26-16(4)18(15(3)24-26)10-19(27)25-8-6-7-17(12-25)11-21-5/h9,17,21H,6-8,10-12H2,1-5H3.